The number of rotatable bonds is 2. The number of halogens is 3. The average molecular weight is 319 g/mol. The molecule has 0 bridgehead atoms. The van der Waals surface area contributed by atoms with Gasteiger partial charge in [0.05, 0.1) is 13.7 Å². The van der Waals surface area contributed by atoms with Crippen LogP contribution in [-0.2, 0) is 4.74 Å². The van der Waals surface area contributed by atoms with Crippen LogP contribution >= 0.6 is 0 Å². The van der Waals surface area contributed by atoms with Crippen LogP contribution < -0.4 is 16.5 Å². The molecule has 3 N–H and O–H groups in total. The number of benzene rings is 1. The maximum atomic E-state index is 13.4. The third kappa shape index (κ3) is 2.89. The third-order valence-electron chi connectivity index (χ3n) is 2.47. The second-order valence-corrected chi connectivity index (χ2v) is 3.68. The summed E-state index contributed by atoms with van der Waals surface area (Å²) in [5.41, 5.74) is -0.303. The van der Waals surface area contributed by atoms with Crippen LogP contribution in [0.25, 0.3) is 11.0 Å². The zero-order valence-corrected chi connectivity index (χ0v) is 11.7. The molecule has 0 radical (unpaired) electrons. The molecule has 1 heterocycles. The molecule has 0 saturated heterocycles. The van der Waals surface area contributed by atoms with Gasteiger partial charge in [0.1, 0.15) is 5.56 Å². The highest BCUT2D eigenvalue weighted by Gasteiger charge is 2.22. The van der Waals surface area contributed by atoms with Gasteiger partial charge in [-0.15, -0.1) is 0 Å². The number of carbonyl (C=O) groups is 1. The highest BCUT2D eigenvalue weighted by molar-refractivity contribution is 5.98. The lowest BCUT2D eigenvalue weighted by Crippen LogP contribution is -2.40. The molecule has 0 aliphatic rings. The van der Waals surface area contributed by atoms with Gasteiger partial charge in [-0.1, -0.05) is 5.75 Å². The summed E-state index contributed by atoms with van der Waals surface area (Å²) in [6.45, 7) is 1.31. The first-order chi connectivity index (χ1) is 10.4. The third-order valence-corrected chi connectivity index (χ3v) is 2.47. The van der Waals surface area contributed by atoms with Gasteiger partial charge in [-0.2, -0.15) is 4.39 Å². The summed E-state index contributed by atoms with van der Waals surface area (Å²) >= 11 is 0. The van der Waals surface area contributed by atoms with Crippen molar-refractivity contribution in [1.29, 1.82) is 0 Å². The molecule has 22 heavy (non-hydrogen) atoms. The molecule has 0 atom stereocenters. The molecule has 2 aromatic rings. The van der Waals surface area contributed by atoms with E-state index in [1.807, 2.05) is 0 Å². The van der Waals surface area contributed by atoms with Crippen LogP contribution in [0.3, 0.4) is 0 Å². The zero-order chi connectivity index (χ0) is 17.0. The van der Waals surface area contributed by atoms with E-state index in [2.05, 4.69) is 14.9 Å². The van der Waals surface area contributed by atoms with Crippen molar-refractivity contribution in [3.8, 4) is 5.75 Å². The van der Waals surface area contributed by atoms with E-state index in [0.717, 1.165) is 0 Å². The summed E-state index contributed by atoms with van der Waals surface area (Å²) < 4.78 is 48.3. The molecule has 1 aromatic carbocycles. The molecule has 0 spiro atoms. The van der Waals surface area contributed by atoms with Gasteiger partial charge < -0.3 is 20.0 Å². The summed E-state index contributed by atoms with van der Waals surface area (Å²) in [7, 11) is 1.75. The van der Waals surface area contributed by atoms with E-state index in [9.17, 15) is 27.9 Å². The van der Waals surface area contributed by atoms with Gasteiger partial charge in [0, 0.05) is 5.39 Å². The smallest absolute Gasteiger partial charge is 0.350 e. The Bertz CT molecular complexity index is 773. The molecule has 2 rings (SSSR count). The first kappa shape index (κ1) is 17.5. The maximum absolute atomic E-state index is 13.4. The molecule has 0 unspecified atom stereocenters. The van der Waals surface area contributed by atoms with E-state index >= 15 is 0 Å². The second-order valence-electron chi connectivity index (χ2n) is 3.68. The van der Waals surface area contributed by atoms with Gasteiger partial charge in [0.15, 0.2) is 17.2 Å². The Morgan fingerprint density at radius 2 is 1.91 bits per heavy atom. The summed E-state index contributed by atoms with van der Waals surface area (Å²) in [6, 6.07) is 0.349. The molecule has 0 fully saturated rings. The van der Waals surface area contributed by atoms with Crippen molar-refractivity contribution in [3.05, 3.63) is 39.5 Å². The highest BCUT2D eigenvalue weighted by atomic mass is 19.2. The molecule has 0 aliphatic heterocycles. The number of carbonyl (C=O) groups excluding carboxylic acids is 1. The fourth-order valence-electron chi connectivity index (χ4n) is 1.60. The Labute approximate surface area is 121 Å². The normalized spacial score (nSPS) is 10.1. The van der Waals surface area contributed by atoms with Crippen LogP contribution in [0.15, 0.2) is 15.3 Å². The van der Waals surface area contributed by atoms with E-state index in [1.54, 1.807) is 7.05 Å². The average Bonchev–Trinajstić information content (AvgIpc) is 2.49. The standard InChI is InChI=1S/C12H7F3O5.CH5N/c1-2-19-11(17)6-9(16)4-3-5(13)7(14)8(15)10(4)20-12(6)18;1-2/h3,16H,2H2,1H3;2H2,1H3. The lowest BCUT2D eigenvalue weighted by molar-refractivity contribution is -0.325. The number of fused-ring (bicyclic) bond motifs is 1. The number of esters is 1. The number of ether oxygens (including phenoxy) is 1. The van der Waals surface area contributed by atoms with Crippen molar-refractivity contribution in [2.45, 2.75) is 6.92 Å². The summed E-state index contributed by atoms with van der Waals surface area (Å²) in [4.78, 5) is 22.9. The number of hydrogen-bond acceptors (Lipinski definition) is 5. The monoisotopic (exact) mass is 319 g/mol. The quantitative estimate of drug-likeness (QED) is 0.487. The maximum Gasteiger partial charge on any atom is 0.350 e. The second kappa shape index (κ2) is 6.94. The van der Waals surface area contributed by atoms with E-state index < -0.39 is 51.3 Å². The Balaban J connectivity index is 0.00000116. The molecule has 9 heteroatoms. The lowest BCUT2D eigenvalue weighted by Gasteiger charge is -2.14. The highest BCUT2D eigenvalue weighted by Crippen LogP contribution is 2.29. The minimum Gasteiger partial charge on any atom is -0.871 e. The van der Waals surface area contributed by atoms with Crippen LogP contribution in [0.2, 0.25) is 0 Å². The molecule has 120 valence electrons. The van der Waals surface area contributed by atoms with Crippen LogP contribution in [0.1, 0.15) is 17.3 Å². The van der Waals surface area contributed by atoms with Gasteiger partial charge in [-0.25, -0.2) is 18.4 Å². The Hall–Kier alpha value is -2.55. The van der Waals surface area contributed by atoms with Gasteiger partial charge in [-0.05, 0) is 13.0 Å². The first-order valence-electron chi connectivity index (χ1n) is 6.07. The minimum absolute atomic E-state index is 0.123. The Kier molecular flexibility index (Phi) is 5.52. The minimum atomic E-state index is -1.89. The van der Waals surface area contributed by atoms with Gasteiger partial charge >= 0.3 is 11.6 Å². The topological polar surface area (TPSA) is 107 Å². The van der Waals surface area contributed by atoms with E-state index in [4.69, 9.17) is 0 Å². The van der Waals surface area contributed by atoms with Crippen LogP contribution in [0.4, 0.5) is 13.2 Å². The predicted molar refractivity (Wildman–Crippen MR) is 66.6 cm³/mol. The fourth-order valence-corrected chi connectivity index (χ4v) is 1.60. The van der Waals surface area contributed by atoms with Crippen LogP contribution in [-0.4, -0.2) is 19.6 Å². The van der Waals surface area contributed by atoms with Crippen molar-refractivity contribution in [2.75, 3.05) is 13.7 Å². The molecule has 0 amide bonds. The Morgan fingerprint density at radius 1 is 1.32 bits per heavy atom. The Morgan fingerprint density at radius 3 is 2.45 bits per heavy atom. The molecule has 0 saturated carbocycles. The van der Waals surface area contributed by atoms with E-state index in [0.29, 0.717) is 6.07 Å². The molecule has 0 aliphatic carbocycles. The van der Waals surface area contributed by atoms with Crippen LogP contribution in [0.5, 0.6) is 5.75 Å². The van der Waals surface area contributed by atoms with Crippen molar-refractivity contribution < 1.29 is 38.0 Å². The zero-order valence-electron chi connectivity index (χ0n) is 11.7. The SMILES string of the molecule is CCOC(=O)c1c([O-])c2cc(F)c(F)c(F)c2oc1=O.C[NH3+]. The van der Waals surface area contributed by atoms with Crippen molar-refractivity contribution in [2.24, 2.45) is 0 Å². The molecule has 1 aromatic heterocycles. The lowest BCUT2D eigenvalue weighted by atomic mass is 10.1. The van der Waals surface area contributed by atoms with Gasteiger partial charge in [-0.3, -0.25) is 0 Å². The van der Waals surface area contributed by atoms with Crippen LogP contribution in [0, 0.1) is 17.5 Å². The number of hydrogen-bond donors (Lipinski definition) is 1. The van der Waals surface area contributed by atoms with Crippen molar-refractivity contribution in [3.63, 3.8) is 0 Å². The predicted octanol–water partition coefficient (Wildman–Crippen LogP) is 0.319. The van der Waals surface area contributed by atoms with Crippen molar-refractivity contribution >= 4 is 16.9 Å². The van der Waals surface area contributed by atoms with Gasteiger partial charge in [0.25, 0.3) is 0 Å². The summed E-state index contributed by atoms with van der Waals surface area (Å²) in [6.07, 6.45) is 0. The summed E-state index contributed by atoms with van der Waals surface area (Å²) in [5.74, 6) is -7.91. The first-order valence-corrected chi connectivity index (χ1v) is 6.07. The largest absolute Gasteiger partial charge is 0.871 e. The fraction of sp³-hybridized carbons (Fsp3) is 0.231. The number of quaternary nitrogens is 1. The van der Waals surface area contributed by atoms with E-state index in [-0.39, 0.29) is 6.61 Å². The molecular weight excluding hydrogens is 307 g/mol. The van der Waals surface area contributed by atoms with Gasteiger partial charge in [0.2, 0.25) is 5.82 Å². The summed E-state index contributed by atoms with van der Waals surface area (Å²) in [5, 5.41) is 11.1. The van der Waals surface area contributed by atoms with E-state index in [1.165, 1.54) is 6.92 Å². The molecular formula is C13H12F3NO5. The molecule has 6 nitrogen and oxygen atoms in total. The van der Waals surface area contributed by atoms with Crippen molar-refractivity contribution in [1.82, 2.24) is 0 Å².